The number of ether oxygens (including phenoxy) is 2. The lowest BCUT2D eigenvalue weighted by molar-refractivity contribution is 0.175. The Hall–Kier alpha value is -1.26. The molecule has 4 heteroatoms. The number of hydrogen-bond acceptors (Lipinski definition) is 4. The van der Waals surface area contributed by atoms with Crippen LogP contribution >= 0.6 is 0 Å². The number of hydrogen-bond donors (Lipinski definition) is 1. The van der Waals surface area contributed by atoms with E-state index in [0.29, 0.717) is 6.04 Å². The van der Waals surface area contributed by atoms with Gasteiger partial charge in [0.1, 0.15) is 11.5 Å². The number of rotatable bonds is 5. The Balaban J connectivity index is 1.98. The van der Waals surface area contributed by atoms with Gasteiger partial charge in [-0.05, 0) is 25.0 Å². The van der Waals surface area contributed by atoms with Crippen LogP contribution in [0.25, 0.3) is 0 Å². The van der Waals surface area contributed by atoms with E-state index in [9.17, 15) is 0 Å². The molecular weight excluding hydrogens is 240 g/mol. The summed E-state index contributed by atoms with van der Waals surface area (Å²) >= 11 is 0. The zero-order chi connectivity index (χ0) is 13.7. The SMILES string of the molecule is COc1ccc(CCN2CCNCC2C)c(OC)c1. The lowest BCUT2D eigenvalue weighted by Crippen LogP contribution is -2.50. The predicted molar refractivity (Wildman–Crippen MR) is 77.2 cm³/mol. The maximum atomic E-state index is 5.44. The molecule has 1 aliphatic rings. The summed E-state index contributed by atoms with van der Waals surface area (Å²) in [4.78, 5) is 2.53. The van der Waals surface area contributed by atoms with Crippen LogP contribution in [0.3, 0.4) is 0 Å². The highest BCUT2D eigenvalue weighted by Gasteiger charge is 2.17. The van der Waals surface area contributed by atoms with Crippen molar-refractivity contribution in [2.75, 3.05) is 40.4 Å². The molecular formula is C15H24N2O2. The molecule has 0 aromatic heterocycles. The molecule has 1 heterocycles. The normalized spacial score (nSPS) is 20.3. The summed E-state index contributed by atoms with van der Waals surface area (Å²) in [5.74, 6) is 1.76. The van der Waals surface area contributed by atoms with E-state index in [1.807, 2.05) is 12.1 Å². The molecule has 0 bridgehead atoms. The Bertz CT molecular complexity index is 409. The van der Waals surface area contributed by atoms with E-state index in [2.05, 4.69) is 23.2 Å². The van der Waals surface area contributed by atoms with Crippen molar-refractivity contribution in [3.8, 4) is 11.5 Å². The fourth-order valence-corrected chi connectivity index (χ4v) is 2.54. The Morgan fingerprint density at radius 1 is 1.32 bits per heavy atom. The van der Waals surface area contributed by atoms with Gasteiger partial charge in [0.25, 0.3) is 0 Å². The van der Waals surface area contributed by atoms with Gasteiger partial charge < -0.3 is 14.8 Å². The molecule has 0 amide bonds. The van der Waals surface area contributed by atoms with Gasteiger partial charge in [-0.15, -0.1) is 0 Å². The quantitative estimate of drug-likeness (QED) is 0.874. The van der Waals surface area contributed by atoms with Crippen molar-refractivity contribution in [2.45, 2.75) is 19.4 Å². The Kier molecular flexibility index (Phi) is 5.05. The van der Waals surface area contributed by atoms with Crippen LogP contribution in [0.1, 0.15) is 12.5 Å². The first-order valence-corrected chi connectivity index (χ1v) is 6.90. The standard InChI is InChI=1S/C15H24N2O2/c1-12-11-16-7-9-17(12)8-6-13-4-5-14(18-2)10-15(13)19-3/h4-5,10,12,16H,6-9,11H2,1-3H3. The van der Waals surface area contributed by atoms with Crippen molar-refractivity contribution in [2.24, 2.45) is 0 Å². The zero-order valence-corrected chi connectivity index (χ0v) is 12.1. The summed E-state index contributed by atoms with van der Waals surface area (Å²) in [6.45, 7) is 6.65. The fraction of sp³-hybridized carbons (Fsp3) is 0.600. The highest BCUT2D eigenvalue weighted by Crippen LogP contribution is 2.25. The van der Waals surface area contributed by atoms with E-state index in [1.54, 1.807) is 14.2 Å². The lowest BCUT2D eigenvalue weighted by atomic mass is 10.1. The predicted octanol–water partition coefficient (Wildman–Crippen LogP) is 1.54. The molecule has 1 aliphatic heterocycles. The second kappa shape index (κ2) is 6.78. The molecule has 106 valence electrons. The summed E-state index contributed by atoms with van der Waals surface area (Å²) < 4.78 is 10.7. The van der Waals surface area contributed by atoms with E-state index >= 15 is 0 Å². The Morgan fingerprint density at radius 3 is 2.84 bits per heavy atom. The van der Waals surface area contributed by atoms with E-state index in [-0.39, 0.29) is 0 Å². The molecule has 1 saturated heterocycles. The molecule has 1 N–H and O–H groups in total. The van der Waals surface area contributed by atoms with Crippen molar-refractivity contribution in [1.29, 1.82) is 0 Å². The van der Waals surface area contributed by atoms with Crippen LogP contribution in [-0.2, 0) is 6.42 Å². The average Bonchev–Trinajstić information content (AvgIpc) is 2.46. The molecule has 1 atom stereocenters. The third-order valence-electron chi connectivity index (χ3n) is 3.80. The van der Waals surface area contributed by atoms with Gasteiger partial charge in [-0.1, -0.05) is 6.07 Å². The average molecular weight is 264 g/mol. The maximum absolute atomic E-state index is 5.44. The minimum Gasteiger partial charge on any atom is -0.497 e. The number of nitrogens with zero attached hydrogens (tertiary/aromatic N) is 1. The largest absolute Gasteiger partial charge is 0.497 e. The number of nitrogens with one attached hydrogen (secondary N) is 1. The molecule has 4 nitrogen and oxygen atoms in total. The molecule has 0 spiro atoms. The fourth-order valence-electron chi connectivity index (χ4n) is 2.54. The van der Waals surface area contributed by atoms with Crippen LogP contribution < -0.4 is 14.8 Å². The van der Waals surface area contributed by atoms with Gasteiger partial charge >= 0.3 is 0 Å². The maximum Gasteiger partial charge on any atom is 0.125 e. The van der Waals surface area contributed by atoms with Crippen molar-refractivity contribution in [3.63, 3.8) is 0 Å². The van der Waals surface area contributed by atoms with Gasteiger partial charge in [0, 0.05) is 38.3 Å². The Labute approximate surface area is 115 Å². The minimum absolute atomic E-state index is 0.609. The number of benzene rings is 1. The van der Waals surface area contributed by atoms with Gasteiger partial charge in [0.05, 0.1) is 14.2 Å². The monoisotopic (exact) mass is 264 g/mol. The van der Waals surface area contributed by atoms with E-state index in [1.165, 1.54) is 5.56 Å². The van der Waals surface area contributed by atoms with Crippen molar-refractivity contribution < 1.29 is 9.47 Å². The molecule has 0 aliphatic carbocycles. The van der Waals surface area contributed by atoms with Crippen LogP contribution in [-0.4, -0.2) is 51.3 Å². The van der Waals surface area contributed by atoms with Crippen LogP contribution in [0.15, 0.2) is 18.2 Å². The first kappa shape index (κ1) is 14.2. The number of methoxy groups -OCH3 is 2. The summed E-state index contributed by atoms with van der Waals surface area (Å²) in [7, 11) is 3.39. The minimum atomic E-state index is 0.609. The van der Waals surface area contributed by atoms with Crippen LogP contribution in [0, 0.1) is 0 Å². The first-order valence-electron chi connectivity index (χ1n) is 6.90. The molecule has 0 radical (unpaired) electrons. The molecule has 1 aromatic carbocycles. The second-order valence-electron chi connectivity index (χ2n) is 5.02. The van der Waals surface area contributed by atoms with Crippen LogP contribution in [0.2, 0.25) is 0 Å². The van der Waals surface area contributed by atoms with Crippen molar-refractivity contribution in [3.05, 3.63) is 23.8 Å². The smallest absolute Gasteiger partial charge is 0.125 e. The van der Waals surface area contributed by atoms with E-state index < -0.39 is 0 Å². The zero-order valence-electron chi connectivity index (χ0n) is 12.1. The van der Waals surface area contributed by atoms with E-state index in [0.717, 1.165) is 44.1 Å². The molecule has 0 saturated carbocycles. The number of piperazine rings is 1. The van der Waals surface area contributed by atoms with Gasteiger partial charge in [0.2, 0.25) is 0 Å². The molecule has 1 aromatic rings. The summed E-state index contributed by atoms with van der Waals surface area (Å²) in [5.41, 5.74) is 1.24. The molecule has 2 rings (SSSR count). The molecule has 19 heavy (non-hydrogen) atoms. The van der Waals surface area contributed by atoms with Crippen molar-refractivity contribution >= 4 is 0 Å². The van der Waals surface area contributed by atoms with Gasteiger partial charge in [-0.25, -0.2) is 0 Å². The molecule has 1 unspecified atom stereocenters. The van der Waals surface area contributed by atoms with Gasteiger partial charge in [-0.3, -0.25) is 4.90 Å². The molecule has 1 fully saturated rings. The third-order valence-corrected chi connectivity index (χ3v) is 3.80. The Morgan fingerprint density at radius 2 is 2.16 bits per heavy atom. The highest BCUT2D eigenvalue weighted by molar-refractivity contribution is 5.40. The highest BCUT2D eigenvalue weighted by atomic mass is 16.5. The third kappa shape index (κ3) is 3.61. The van der Waals surface area contributed by atoms with Crippen LogP contribution in [0.5, 0.6) is 11.5 Å². The lowest BCUT2D eigenvalue weighted by Gasteiger charge is -2.33. The van der Waals surface area contributed by atoms with Gasteiger partial charge in [0.15, 0.2) is 0 Å². The van der Waals surface area contributed by atoms with E-state index in [4.69, 9.17) is 9.47 Å². The topological polar surface area (TPSA) is 33.7 Å². The summed E-state index contributed by atoms with van der Waals surface area (Å²) in [6.07, 6.45) is 1.01. The summed E-state index contributed by atoms with van der Waals surface area (Å²) in [5, 5.41) is 3.42. The van der Waals surface area contributed by atoms with Crippen molar-refractivity contribution in [1.82, 2.24) is 10.2 Å². The van der Waals surface area contributed by atoms with Gasteiger partial charge in [-0.2, -0.15) is 0 Å². The second-order valence-corrected chi connectivity index (χ2v) is 5.02. The summed E-state index contributed by atoms with van der Waals surface area (Å²) in [6, 6.07) is 6.66. The van der Waals surface area contributed by atoms with Crippen LogP contribution in [0.4, 0.5) is 0 Å². The first-order chi connectivity index (χ1) is 9.24.